The first-order chi connectivity index (χ1) is 23.0. The van der Waals surface area contributed by atoms with Crippen molar-refractivity contribution in [3.05, 3.63) is 113 Å². The molecule has 4 N–H and O–H groups in total. The van der Waals surface area contributed by atoms with E-state index in [0.717, 1.165) is 27.8 Å². The van der Waals surface area contributed by atoms with Gasteiger partial charge in [0.25, 0.3) is 5.88 Å². The van der Waals surface area contributed by atoms with Crippen molar-refractivity contribution in [2.75, 3.05) is 13.2 Å². The number of hydrazine groups is 1. The van der Waals surface area contributed by atoms with Gasteiger partial charge in [-0.2, -0.15) is 0 Å². The Balaban J connectivity index is 1.60. The third kappa shape index (κ3) is 9.26. The van der Waals surface area contributed by atoms with Gasteiger partial charge >= 0.3 is 5.97 Å². The Morgan fingerprint density at radius 3 is 2.04 bits per heavy atom. The van der Waals surface area contributed by atoms with E-state index in [9.17, 15) is 19.2 Å². The molecule has 48 heavy (non-hydrogen) atoms. The minimum Gasteiger partial charge on any atom is -0.481 e. The van der Waals surface area contributed by atoms with E-state index < -0.39 is 23.7 Å². The lowest BCUT2D eigenvalue weighted by molar-refractivity contribution is -0.136. The summed E-state index contributed by atoms with van der Waals surface area (Å²) in [6, 6.07) is 24.1. The highest BCUT2D eigenvalue weighted by atomic mass is 16.5. The SMILES string of the molecule is CC(OC(C)(C)C)C(NC(=C=O)OCC1c2ccccc2-c2ccccc21)C(=C=O)NN(Cc1ccccc1)C(=C=O)NCCC(=O)O. The number of hydrogen-bond acceptors (Lipinski definition) is 10. The van der Waals surface area contributed by atoms with Crippen LogP contribution >= 0.6 is 0 Å². The molecule has 0 saturated heterocycles. The topological polar surface area (TPSA) is 146 Å². The molecule has 1 aliphatic carbocycles. The van der Waals surface area contributed by atoms with Crippen molar-refractivity contribution >= 4 is 23.8 Å². The summed E-state index contributed by atoms with van der Waals surface area (Å²) in [7, 11) is 0. The number of carboxylic acids is 1. The van der Waals surface area contributed by atoms with Crippen LogP contribution in [0.1, 0.15) is 56.7 Å². The fraction of sp³-hybridized carbons (Fsp3) is 0.324. The second-order valence-electron chi connectivity index (χ2n) is 12.2. The zero-order valence-electron chi connectivity index (χ0n) is 27.4. The van der Waals surface area contributed by atoms with Crippen molar-refractivity contribution in [1.29, 1.82) is 0 Å². The van der Waals surface area contributed by atoms with Crippen molar-refractivity contribution in [2.45, 2.75) is 64.3 Å². The Kier molecular flexibility index (Phi) is 12.0. The normalized spacial score (nSPS) is 12.9. The van der Waals surface area contributed by atoms with Gasteiger partial charge in [0.1, 0.15) is 24.3 Å². The molecule has 11 heteroatoms. The zero-order valence-corrected chi connectivity index (χ0v) is 27.4. The molecular weight excluding hydrogens is 612 g/mol. The van der Waals surface area contributed by atoms with Gasteiger partial charge in [-0.1, -0.05) is 78.9 Å². The average Bonchev–Trinajstić information content (AvgIpc) is 3.38. The van der Waals surface area contributed by atoms with Gasteiger partial charge in [0.05, 0.1) is 24.7 Å². The Labute approximate surface area is 279 Å². The van der Waals surface area contributed by atoms with Crippen LogP contribution in [-0.2, 0) is 35.2 Å². The molecule has 3 aromatic rings. The highest BCUT2D eigenvalue weighted by molar-refractivity contribution is 5.78. The van der Waals surface area contributed by atoms with Gasteiger partial charge in [0.15, 0.2) is 11.9 Å². The smallest absolute Gasteiger partial charge is 0.305 e. The van der Waals surface area contributed by atoms with Gasteiger partial charge in [-0.25, -0.2) is 14.4 Å². The predicted octanol–water partition coefficient (Wildman–Crippen LogP) is 4.11. The van der Waals surface area contributed by atoms with E-state index >= 15 is 0 Å². The van der Waals surface area contributed by atoms with Crippen LogP contribution < -0.4 is 16.1 Å². The highest BCUT2D eigenvalue weighted by Gasteiger charge is 2.32. The third-order valence-corrected chi connectivity index (χ3v) is 7.60. The monoisotopic (exact) mass is 652 g/mol. The van der Waals surface area contributed by atoms with E-state index in [2.05, 4.69) is 28.2 Å². The molecule has 250 valence electrons. The maximum absolute atomic E-state index is 12.6. The Bertz CT molecular complexity index is 1690. The van der Waals surface area contributed by atoms with Crippen LogP contribution in [0, 0.1) is 0 Å². The second-order valence-corrected chi connectivity index (χ2v) is 12.2. The number of nitrogens with one attached hydrogen (secondary N) is 3. The molecule has 1 aliphatic rings. The lowest BCUT2D eigenvalue weighted by Gasteiger charge is -2.35. The molecule has 0 radical (unpaired) electrons. The third-order valence-electron chi connectivity index (χ3n) is 7.60. The number of carbonyl (C=O) groups is 1. The molecule has 0 saturated carbocycles. The van der Waals surface area contributed by atoms with Gasteiger partial charge < -0.3 is 25.2 Å². The average molecular weight is 653 g/mol. The molecule has 0 heterocycles. The van der Waals surface area contributed by atoms with Crippen molar-refractivity contribution in [1.82, 2.24) is 21.1 Å². The first kappa shape index (κ1) is 35.3. The summed E-state index contributed by atoms with van der Waals surface area (Å²) in [5.74, 6) is 3.92. The minimum atomic E-state index is -1.06. The molecule has 0 spiro atoms. The summed E-state index contributed by atoms with van der Waals surface area (Å²) in [6.07, 6.45) is -1.00. The second kappa shape index (κ2) is 16.3. The summed E-state index contributed by atoms with van der Waals surface area (Å²) in [5, 5.41) is 16.2. The number of ether oxygens (including phenoxy) is 2. The van der Waals surface area contributed by atoms with E-state index in [0.29, 0.717) is 0 Å². The predicted molar refractivity (Wildman–Crippen MR) is 180 cm³/mol. The van der Waals surface area contributed by atoms with Gasteiger partial charge in [0.2, 0.25) is 5.82 Å². The molecule has 3 aromatic carbocycles. The van der Waals surface area contributed by atoms with Crippen LogP contribution in [0.25, 0.3) is 11.1 Å². The van der Waals surface area contributed by atoms with Gasteiger partial charge in [0, 0.05) is 12.5 Å². The molecule has 2 atom stereocenters. The van der Waals surface area contributed by atoms with E-state index in [1.807, 2.05) is 99.4 Å². The fourth-order valence-corrected chi connectivity index (χ4v) is 5.61. The van der Waals surface area contributed by atoms with Crippen LogP contribution in [0.4, 0.5) is 0 Å². The number of carboxylic acid groups (broad SMARTS) is 1. The van der Waals surface area contributed by atoms with Crippen LogP contribution in [-0.4, -0.2) is 64.8 Å². The summed E-state index contributed by atoms with van der Waals surface area (Å²) >= 11 is 0. The largest absolute Gasteiger partial charge is 0.481 e. The first-order valence-electron chi connectivity index (χ1n) is 15.6. The maximum atomic E-state index is 12.6. The maximum Gasteiger partial charge on any atom is 0.305 e. The Morgan fingerprint density at radius 2 is 1.50 bits per heavy atom. The molecule has 2 unspecified atom stereocenters. The van der Waals surface area contributed by atoms with Crippen molar-refractivity contribution in [3.63, 3.8) is 0 Å². The molecule has 0 aromatic heterocycles. The van der Waals surface area contributed by atoms with E-state index in [1.54, 1.807) is 12.9 Å². The zero-order chi connectivity index (χ0) is 34.7. The molecule has 4 rings (SSSR count). The van der Waals surface area contributed by atoms with E-state index in [4.69, 9.17) is 14.6 Å². The van der Waals surface area contributed by atoms with Gasteiger partial charge in [-0.05, 0) is 55.5 Å². The van der Waals surface area contributed by atoms with Gasteiger partial charge in [-0.15, -0.1) is 0 Å². The Morgan fingerprint density at radius 1 is 0.896 bits per heavy atom. The first-order valence-corrected chi connectivity index (χ1v) is 15.6. The quantitative estimate of drug-likeness (QED) is 0.0950. The lowest BCUT2D eigenvalue weighted by Crippen LogP contribution is -2.52. The van der Waals surface area contributed by atoms with E-state index in [-0.39, 0.29) is 49.4 Å². The molecular formula is C37H40N4O7. The Hall–Kier alpha value is -5.56. The number of hydrogen-bond donors (Lipinski definition) is 4. The summed E-state index contributed by atoms with van der Waals surface area (Å²) in [6.45, 7) is 7.39. The standard InChI is InChI=1S/C37H40N4O7/c1-25(48-37(2,3)4)36(32(21-42)40-41(20-26-12-6-5-7-13-26)33(22-43)38-19-18-35(45)46)39-34(23-44)47-24-31-29-16-10-8-14-27(29)28-15-9-11-17-30(28)31/h5-17,25,31,36,38-40H,18-20,24H2,1-4H3,(H,45,46). The number of fused-ring (bicyclic) bond motifs is 3. The van der Waals surface area contributed by atoms with Crippen LogP contribution in [0.5, 0.6) is 0 Å². The lowest BCUT2D eigenvalue weighted by atomic mass is 9.98. The number of rotatable bonds is 17. The van der Waals surface area contributed by atoms with Crippen molar-refractivity contribution < 1.29 is 33.8 Å². The van der Waals surface area contributed by atoms with E-state index in [1.165, 1.54) is 5.01 Å². The fourth-order valence-electron chi connectivity index (χ4n) is 5.61. The van der Waals surface area contributed by atoms with Crippen molar-refractivity contribution in [2.24, 2.45) is 0 Å². The van der Waals surface area contributed by atoms with Crippen LogP contribution in [0.2, 0.25) is 0 Å². The molecule has 0 amide bonds. The van der Waals surface area contributed by atoms with Crippen LogP contribution in [0.3, 0.4) is 0 Å². The van der Waals surface area contributed by atoms with Crippen molar-refractivity contribution in [3.8, 4) is 11.1 Å². The number of carbonyl (C=O) groups excluding carboxylic acids is 3. The van der Waals surface area contributed by atoms with Gasteiger partial charge in [-0.3, -0.25) is 15.2 Å². The molecule has 0 fully saturated rings. The molecule has 11 nitrogen and oxygen atoms in total. The molecule has 0 bridgehead atoms. The number of benzene rings is 3. The molecule has 0 aliphatic heterocycles. The minimum absolute atomic E-state index is 0.0719. The number of nitrogens with zero attached hydrogens (tertiary/aromatic N) is 1. The summed E-state index contributed by atoms with van der Waals surface area (Å²) in [4.78, 5) is 48.2. The summed E-state index contributed by atoms with van der Waals surface area (Å²) < 4.78 is 12.2. The highest BCUT2D eigenvalue weighted by Crippen LogP contribution is 2.44. The summed E-state index contributed by atoms with van der Waals surface area (Å²) in [5.41, 5.74) is 7.27. The van der Waals surface area contributed by atoms with Crippen LogP contribution in [0.15, 0.2) is 96.3 Å². The number of aliphatic carboxylic acids is 1.